The van der Waals surface area contributed by atoms with Crippen molar-refractivity contribution in [3.63, 3.8) is 0 Å². The average Bonchev–Trinajstić information content (AvgIpc) is 2.96. The molecular weight excluding hydrogens is 401 g/mol. The molecule has 3 aromatic rings. The number of hydrogen-bond donors (Lipinski definition) is 1. The molecule has 0 fully saturated rings. The molecule has 0 bridgehead atoms. The normalized spacial score (nSPS) is 13.8. The summed E-state index contributed by atoms with van der Waals surface area (Å²) in [5.41, 5.74) is -1.97. The first-order valence-corrected chi connectivity index (χ1v) is 9.70. The first-order valence-electron chi connectivity index (χ1n) is 8.05. The van der Waals surface area contributed by atoms with E-state index >= 15 is 0 Å². The van der Waals surface area contributed by atoms with Gasteiger partial charge in [-0.3, -0.25) is 0 Å². The fourth-order valence-electron chi connectivity index (χ4n) is 2.50. The summed E-state index contributed by atoms with van der Waals surface area (Å²) in [7, 11) is -3.88. The van der Waals surface area contributed by atoms with Gasteiger partial charge < -0.3 is 5.11 Å². The Morgan fingerprint density at radius 1 is 1.29 bits per heavy atom. The zero-order valence-electron chi connectivity index (χ0n) is 14.7. The van der Waals surface area contributed by atoms with Crippen LogP contribution >= 0.6 is 0 Å². The minimum atomic E-state index is -4.66. The van der Waals surface area contributed by atoms with E-state index in [1.165, 1.54) is 26.1 Å². The molecule has 0 radical (unpaired) electrons. The molecule has 3 rings (SSSR count). The quantitative estimate of drug-likeness (QED) is 0.695. The first kappa shape index (κ1) is 20.0. The Bertz CT molecular complexity index is 1210. The lowest BCUT2D eigenvalue weighted by Crippen LogP contribution is -2.23. The minimum absolute atomic E-state index is 0.112. The number of fused-ring (bicyclic) bond motifs is 1. The van der Waals surface area contributed by atoms with Gasteiger partial charge in [0.2, 0.25) is 0 Å². The second kappa shape index (κ2) is 6.71. The van der Waals surface area contributed by atoms with Crippen LogP contribution in [0.2, 0.25) is 0 Å². The van der Waals surface area contributed by atoms with Crippen molar-refractivity contribution < 1.29 is 26.7 Å². The molecule has 0 aliphatic heterocycles. The highest BCUT2D eigenvalue weighted by atomic mass is 32.2. The Morgan fingerprint density at radius 3 is 2.54 bits per heavy atom. The van der Waals surface area contributed by atoms with E-state index in [2.05, 4.69) is 10.1 Å². The van der Waals surface area contributed by atoms with Gasteiger partial charge in [-0.15, -0.1) is 5.10 Å². The van der Waals surface area contributed by atoms with Gasteiger partial charge in [-0.1, -0.05) is 6.92 Å². The van der Waals surface area contributed by atoms with Crippen molar-refractivity contribution in [1.82, 2.24) is 19.2 Å². The van der Waals surface area contributed by atoms with Crippen LogP contribution < -0.4 is 5.69 Å². The fourth-order valence-corrected chi connectivity index (χ4v) is 3.55. The SMILES string of the molecule is CCS(=O)(=O)c1cc(C(C)O)cnc1-n1nc2ccc(C(F)(F)F)cn2c1=O. The monoisotopic (exact) mass is 416 g/mol. The summed E-state index contributed by atoms with van der Waals surface area (Å²) >= 11 is 0. The molecule has 3 aromatic heterocycles. The lowest BCUT2D eigenvalue weighted by atomic mass is 10.2. The third-order valence-corrected chi connectivity index (χ3v) is 5.83. The Kier molecular flexibility index (Phi) is 4.79. The fraction of sp³-hybridized carbons (Fsp3) is 0.312. The summed E-state index contributed by atoms with van der Waals surface area (Å²) < 4.78 is 64.9. The molecule has 12 heteroatoms. The van der Waals surface area contributed by atoms with Crippen molar-refractivity contribution in [3.8, 4) is 5.82 Å². The van der Waals surface area contributed by atoms with Crippen molar-refractivity contribution in [1.29, 1.82) is 0 Å². The number of halogens is 3. The van der Waals surface area contributed by atoms with Crippen molar-refractivity contribution in [2.24, 2.45) is 0 Å². The largest absolute Gasteiger partial charge is 0.417 e. The van der Waals surface area contributed by atoms with Gasteiger partial charge in [0.1, 0.15) is 4.90 Å². The van der Waals surface area contributed by atoms with E-state index in [0.29, 0.717) is 15.3 Å². The van der Waals surface area contributed by atoms with Crippen LogP contribution in [-0.4, -0.2) is 38.4 Å². The van der Waals surface area contributed by atoms with E-state index in [-0.39, 0.29) is 27.7 Å². The lowest BCUT2D eigenvalue weighted by Gasteiger charge is -2.11. The van der Waals surface area contributed by atoms with E-state index in [1.54, 1.807) is 0 Å². The first-order chi connectivity index (χ1) is 13.0. The van der Waals surface area contributed by atoms with Crippen LogP contribution in [0.5, 0.6) is 0 Å². The van der Waals surface area contributed by atoms with Gasteiger partial charge in [0, 0.05) is 12.4 Å². The lowest BCUT2D eigenvalue weighted by molar-refractivity contribution is -0.137. The Balaban J connectivity index is 2.31. The molecule has 1 atom stereocenters. The summed E-state index contributed by atoms with van der Waals surface area (Å²) in [5.74, 6) is -0.667. The maximum atomic E-state index is 12.9. The van der Waals surface area contributed by atoms with Crippen molar-refractivity contribution >= 4 is 15.5 Å². The summed E-state index contributed by atoms with van der Waals surface area (Å²) in [6.45, 7) is 2.80. The minimum Gasteiger partial charge on any atom is -0.389 e. The van der Waals surface area contributed by atoms with E-state index in [4.69, 9.17) is 0 Å². The number of sulfone groups is 1. The van der Waals surface area contributed by atoms with Gasteiger partial charge in [0.25, 0.3) is 0 Å². The second-order valence-corrected chi connectivity index (χ2v) is 8.25. The topological polar surface area (TPSA) is 107 Å². The maximum Gasteiger partial charge on any atom is 0.417 e. The number of aliphatic hydroxyl groups excluding tert-OH is 1. The second-order valence-electron chi connectivity index (χ2n) is 6.01. The summed E-state index contributed by atoms with van der Waals surface area (Å²) in [6.07, 6.45) is -3.92. The summed E-state index contributed by atoms with van der Waals surface area (Å²) in [4.78, 5) is 16.2. The van der Waals surface area contributed by atoms with Crippen molar-refractivity contribution in [2.75, 3.05) is 5.75 Å². The average molecular weight is 416 g/mol. The molecule has 0 amide bonds. The molecule has 0 saturated carbocycles. The molecule has 1 N–H and O–H groups in total. The van der Waals surface area contributed by atoms with Crippen molar-refractivity contribution in [3.05, 3.63) is 52.2 Å². The zero-order valence-corrected chi connectivity index (χ0v) is 15.5. The number of aliphatic hydroxyl groups is 1. The van der Waals surface area contributed by atoms with Crippen LogP contribution in [0.25, 0.3) is 11.5 Å². The van der Waals surface area contributed by atoms with Crippen LogP contribution in [0.1, 0.15) is 31.1 Å². The molecule has 28 heavy (non-hydrogen) atoms. The van der Waals surface area contributed by atoms with E-state index < -0.39 is 33.4 Å². The molecule has 0 aromatic carbocycles. The van der Waals surface area contributed by atoms with Gasteiger partial charge in [0.15, 0.2) is 21.3 Å². The molecule has 0 saturated heterocycles. The Hall–Kier alpha value is -2.73. The molecule has 0 aliphatic carbocycles. The number of aromatic nitrogens is 4. The highest BCUT2D eigenvalue weighted by molar-refractivity contribution is 7.91. The molecule has 3 heterocycles. The molecule has 8 nitrogen and oxygen atoms in total. The predicted octanol–water partition coefficient (Wildman–Crippen LogP) is 1.75. The van der Waals surface area contributed by atoms with Crippen molar-refractivity contribution in [2.45, 2.75) is 31.0 Å². The number of pyridine rings is 2. The molecule has 150 valence electrons. The molecule has 1 unspecified atom stereocenters. The van der Waals surface area contributed by atoms with Gasteiger partial charge in [0.05, 0.1) is 17.4 Å². The number of rotatable bonds is 4. The van der Waals surface area contributed by atoms with Gasteiger partial charge in [-0.2, -0.15) is 17.9 Å². The van der Waals surface area contributed by atoms with Crippen LogP contribution in [-0.2, 0) is 16.0 Å². The summed E-state index contributed by atoms with van der Waals surface area (Å²) in [6, 6.07) is 2.93. The van der Waals surface area contributed by atoms with E-state index in [1.807, 2.05) is 0 Å². The van der Waals surface area contributed by atoms with Crippen LogP contribution in [0.15, 0.2) is 40.3 Å². The van der Waals surface area contributed by atoms with Gasteiger partial charge in [-0.25, -0.2) is 22.6 Å². The highest BCUT2D eigenvalue weighted by Gasteiger charge is 2.31. The third kappa shape index (κ3) is 3.40. The number of alkyl halides is 3. The smallest absolute Gasteiger partial charge is 0.389 e. The number of hydrogen-bond acceptors (Lipinski definition) is 6. The van der Waals surface area contributed by atoms with Crippen LogP contribution in [0.4, 0.5) is 13.2 Å². The maximum absolute atomic E-state index is 12.9. The standard InChI is InChI=1S/C16H15F3N4O4S/c1-3-28(26,27)12-6-10(9(2)24)7-20-14(12)23-15(25)22-8-11(16(17,18)19)4-5-13(22)21-23/h4-9,24H,3H2,1-2H3. The zero-order chi connectivity index (χ0) is 20.9. The summed E-state index contributed by atoms with van der Waals surface area (Å²) in [5, 5.41) is 13.6. The highest BCUT2D eigenvalue weighted by Crippen LogP contribution is 2.29. The van der Waals surface area contributed by atoms with Gasteiger partial charge >= 0.3 is 11.9 Å². The molecule has 0 spiro atoms. The number of nitrogens with zero attached hydrogens (tertiary/aromatic N) is 4. The third-order valence-electron chi connectivity index (χ3n) is 4.10. The molecule has 0 aliphatic rings. The van der Waals surface area contributed by atoms with Gasteiger partial charge in [-0.05, 0) is 30.7 Å². The molecular formula is C16H15F3N4O4S. The van der Waals surface area contributed by atoms with Crippen LogP contribution in [0, 0.1) is 0 Å². The Labute approximate surface area is 156 Å². The predicted molar refractivity (Wildman–Crippen MR) is 91.9 cm³/mol. The van der Waals surface area contributed by atoms with Crippen LogP contribution in [0.3, 0.4) is 0 Å². The van der Waals surface area contributed by atoms with E-state index in [0.717, 1.165) is 12.1 Å². The Morgan fingerprint density at radius 2 is 1.96 bits per heavy atom. The van der Waals surface area contributed by atoms with E-state index in [9.17, 15) is 31.5 Å².